The Bertz CT molecular complexity index is 1160. The van der Waals surface area contributed by atoms with Crippen LogP contribution >= 0.6 is 0 Å². The van der Waals surface area contributed by atoms with Gasteiger partial charge in [-0.2, -0.15) is 0 Å². The number of esters is 1. The Kier molecular flexibility index (Phi) is 5.64. The minimum absolute atomic E-state index is 0.258. The second-order valence-corrected chi connectivity index (χ2v) is 9.16. The number of anilines is 1. The van der Waals surface area contributed by atoms with Gasteiger partial charge in [0.1, 0.15) is 11.6 Å². The minimum Gasteiger partial charge on any atom is -0.427 e. The second-order valence-electron chi connectivity index (χ2n) is 9.16. The van der Waals surface area contributed by atoms with Gasteiger partial charge in [0.05, 0.1) is 5.52 Å². The maximum Gasteiger partial charge on any atom is 0.308 e. The van der Waals surface area contributed by atoms with Crippen molar-refractivity contribution in [2.24, 2.45) is 0 Å². The maximum absolute atomic E-state index is 11.6. The molecule has 1 fully saturated rings. The first kappa shape index (κ1) is 21.0. The van der Waals surface area contributed by atoms with Gasteiger partial charge in [0.15, 0.2) is 0 Å². The molecule has 0 amide bonds. The van der Waals surface area contributed by atoms with E-state index in [0.29, 0.717) is 5.75 Å². The summed E-state index contributed by atoms with van der Waals surface area (Å²) in [5.41, 5.74) is 6.67. The van der Waals surface area contributed by atoms with Crippen LogP contribution in [0.25, 0.3) is 10.9 Å². The van der Waals surface area contributed by atoms with Crippen LogP contribution in [-0.4, -0.2) is 53.1 Å². The predicted octanol–water partition coefficient (Wildman–Crippen LogP) is 3.89. The quantitative estimate of drug-likeness (QED) is 0.452. The monoisotopic (exact) mass is 432 g/mol. The Labute approximate surface area is 189 Å². The SMILES string of the molecule is CC(=O)Oc1cc2c3c(c1)c(CCN1CCN(c4cc(C)ccn4)CC1)c(C)n3CCC2. The third-order valence-electron chi connectivity index (χ3n) is 6.96. The van der Waals surface area contributed by atoms with Gasteiger partial charge >= 0.3 is 5.97 Å². The van der Waals surface area contributed by atoms with Crippen LogP contribution in [0.4, 0.5) is 5.82 Å². The highest BCUT2D eigenvalue weighted by Crippen LogP contribution is 2.36. The third kappa shape index (κ3) is 3.99. The van der Waals surface area contributed by atoms with Gasteiger partial charge in [-0.25, -0.2) is 4.98 Å². The van der Waals surface area contributed by atoms with Crippen molar-refractivity contribution in [2.75, 3.05) is 37.6 Å². The van der Waals surface area contributed by atoms with E-state index < -0.39 is 0 Å². The number of carbonyl (C=O) groups excluding carboxylic acids is 1. The van der Waals surface area contributed by atoms with Crippen LogP contribution in [0.5, 0.6) is 5.75 Å². The number of ether oxygens (including phenoxy) is 1. The first-order chi connectivity index (χ1) is 15.5. The number of hydrogen-bond acceptors (Lipinski definition) is 5. The highest BCUT2D eigenvalue weighted by molar-refractivity contribution is 5.90. The van der Waals surface area contributed by atoms with Crippen LogP contribution in [0.15, 0.2) is 30.5 Å². The van der Waals surface area contributed by atoms with Crippen molar-refractivity contribution >= 4 is 22.7 Å². The lowest BCUT2D eigenvalue weighted by Gasteiger charge is -2.35. The zero-order valence-electron chi connectivity index (χ0n) is 19.4. The van der Waals surface area contributed by atoms with Gasteiger partial charge in [-0.05, 0) is 74.1 Å². The molecule has 0 saturated carbocycles. The Morgan fingerprint density at radius 1 is 1.09 bits per heavy atom. The van der Waals surface area contributed by atoms with E-state index in [2.05, 4.69) is 51.4 Å². The standard InChI is InChI=1S/C26H32N4O2/c1-18-6-8-27-25(15-18)29-13-11-28(12-14-29)10-7-23-19(2)30-9-4-5-21-16-22(32-20(3)31)17-24(23)26(21)30/h6,8,15-17H,4-5,7,9-14H2,1-3H3. The van der Waals surface area contributed by atoms with E-state index in [9.17, 15) is 4.79 Å². The van der Waals surface area contributed by atoms with Crippen LogP contribution in [0, 0.1) is 13.8 Å². The van der Waals surface area contributed by atoms with Gasteiger partial charge in [-0.15, -0.1) is 0 Å². The van der Waals surface area contributed by atoms with Gasteiger partial charge in [-0.3, -0.25) is 9.69 Å². The summed E-state index contributed by atoms with van der Waals surface area (Å²) >= 11 is 0. The summed E-state index contributed by atoms with van der Waals surface area (Å²) in [5, 5.41) is 1.26. The van der Waals surface area contributed by atoms with E-state index in [1.54, 1.807) is 0 Å². The van der Waals surface area contributed by atoms with E-state index in [4.69, 9.17) is 4.74 Å². The van der Waals surface area contributed by atoms with E-state index in [-0.39, 0.29) is 5.97 Å². The molecule has 0 unspecified atom stereocenters. The number of benzene rings is 1. The van der Waals surface area contributed by atoms with Gasteiger partial charge in [-0.1, -0.05) is 0 Å². The largest absolute Gasteiger partial charge is 0.427 e. The summed E-state index contributed by atoms with van der Waals surface area (Å²) < 4.78 is 7.95. The second kappa shape index (κ2) is 8.58. The van der Waals surface area contributed by atoms with Crippen LogP contribution in [-0.2, 0) is 24.2 Å². The average Bonchev–Trinajstić information content (AvgIpc) is 3.04. The lowest BCUT2D eigenvalue weighted by Crippen LogP contribution is -2.47. The fourth-order valence-electron chi connectivity index (χ4n) is 5.34. The molecule has 0 radical (unpaired) electrons. The Balaban J connectivity index is 1.32. The zero-order valence-corrected chi connectivity index (χ0v) is 19.4. The lowest BCUT2D eigenvalue weighted by molar-refractivity contribution is -0.131. The number of rotatable bonds is 5. The number of carbonyl (C=O) groups is 1. The van der Waals surface area contributed by atoms with E-state index >= 15 is 0 Å². The summed E-state index contributed by atoms with van der Waals surface area (Å²) in [5.74, 6) is 1.51. The molecule has 2 aliphatic heterocycles. The summed E-state index contributed by atoms with van der Waals surface area (Å²) in [6.45, 7) is 12.1. The molecule has 32 heavy (non-hydrogen) atoms. The lowest BCUT2D eigenvalue weighted by atomic mass is 10.0. The molecular formula is C26H32N4O2. The highest BCUT2D eigenvalue weighted by Gasteiger charge is 2.23. The number of pyridine rings is 1. The first-order valence-electron chi connectivity index (χ1n) is 11.7. The summed E-state index contributed by atoms with van der Waals surface area (Å²) in [4.78, 5) is 21.1. The molecule has 2 aromatic heterocycles. The summed E-state index contributed by atoms with van der Waals surface area (Å²) in [7, 11) is 0. The minimum atomic E-state index is -0.258. The molecule has 168 valence electrons. The number of nitrogens with zero attached hydrogens (tertiary/aromatic N) is 4. The van der Waals surface area contributed by atoms with Crippen molar-refractivity contribution in [1.29, 1.82) is 0 Å². The molecule has 0 spiro atoms. The molecule has 6 heteroatoms. The highest BCUT2D eigenvalue weighted by atomic mass is 16.5. The molecule has 1 aromatic carbocycles. The molecule has 1 saturated heterocycles. The van der Waals surface area contributed by atoms with Crippen molar-refractivity contribution in [1.82, 2.24) is 14.5 Å². The van der Waals surface area contributed by atoms with E-state index in [1.807, 2.05) is 12.3 Å². The fraction of sp³-hybridized carbons (Fsp3) is 0.462. The molecule has 0 aliphatic carbocycles. The van der Waals surface area contributed by atoms with Gasteiger partial charge in [0.25, 0.3) is 0 Å². The van der Waals surface area contributed by atoms with E-state index in [0.717, 1.165) is 64.3 Å². The van der Waals surface area contributed by atoms with E-state index in [1.165, 1.54) is 40.2 Å². The van der Waals surface area contributed by atoms with Gasteiger partial charge in [0, 0.05) is 63.5 Å². The average molecular weight is 433 g/mol. The number of piperazine rings is 1. The molecule has 0 N–H and O–H groups in total. The normalized spacial score (nSPS) is 16.5. The van der Waals surface area contributed by atoms with Crippen LogP contribution in [0.3, 0.4) is 0 Å². The van der Waals surface area contributed by atoms with Crippen molar-refractivity contribution in [3.8, 4) is 5.75 Å². The summed E-state index contributed by atoms with van der Waals surface area (Å²) in [6.07, 6.45) is 5.10. The number of hydrogen-bond donors (Lipinski definition) is 0. The first-order valence-corrected chi connectivity index (χ1v) is 11.7. The Morgan fingerprint density at radius 3 is 2.66 bits per heavy atom. The topological polar surface area (TPSA) is 50.6 Å². The molecule has 3 aromatic rings. The van der Waals surface area contributed by atoms with Crippen molar-refractivity contribution in [3.63, 3.8) is 0 Å². The molecule has 4 heterocycles. The molecule has 0 atom stereocenters. The smallest absolute Gasteiger partial charge is 0.308 e. The number of aromatic nitrogens is 2. The fourth-order valence-corrected chi connectivity index (χ4v) is 5.34. The Hall–Kier alpha value is -2.86. The molecule has 0 bridgehead atoms. The molecule has 6 nitrogen and oxygen atoms in total. The summed E-state index contributed by atoms with van der Waals surface area (Å²) in [6, 6.07) is 8.36. The third-order valence-corrected chi connectivity index (χ3v) is 6.96. The number of aryl methyl sites for hydroxylation is 3. The zero-order chi connectivity index (χ0) is 22.2. The van der Waals surface area contributed by atoms with Crippen molar-refractivity contribution in [3.05, 3.63) is 52.8 Å². The van der Waals surface area contributed by atoms with Crippen LogP contribution in [0.1, 0.15) is 35.7 Å². The molecule has 2 aliphatic rings. The molecular weight excluding hydrogens is 400 g/mol. The van der Waals surface area contributed by atoms with Crippen LogP contribution in [0.2, 0.25) is 0 Å². The van der Waals surface area contributed by atoms with Gasteiger partial charge in [0.2, 0.25) is 0 Å². The van der Waals surface area contributed by atoms with Gasteiger partial charge < -0.3 is 14.2 Å². The molecule has 5 rings (SSSR count). The van der Waals surface area contributed by atoms with Crippen molar-refractivity contribution < 1.29 is 9.53 Å². The van der Waals surface area contributed by atoms with Crippen LogP contribution < -0.4 is 9.64 Å². The predicted molar refractivity (Wildman–Crippen MR) is 128 cm³/mol. The maximum atomic E-state index is 11.6. The Morgan fingerprint density at radius 2 is 1.91 bits per heavy atom. The van der Waals surface area contributed by atoms with Crippen molar-refractivity contribution in [2.45, 2.75) is 46.6 Å².